The minimum Gasteiger partial charge on any atom is -0.497 e. The number of aliphatic hydroxyl groups is 1. The van der Waals surface area contributed by atoms with Gasteiger partial charge in [-0.05, 0) is 55.0 Å². The number of pyridine rings is 1. The zero-order chi connectivity index (χ0) is 29.2. The zero-order valence-electron chi connectivity index (χ0n) is 21.3. The molecule has 1 saturated heterocycles. The number of carbonyl (C=O) groups is 2. The van der Waals surface area contributed by atoms with E-state index in [1.807, 2.05) is 0 Å². The molecule has 2 amide bonds. The summed E-state index contributed by atoms with van der Waals surface area (Å²) in [6.45, 7) is 1.30. The Labute approximate surface area is 225 Å². The first-order valence-corrected chi connectivity index (χ1v) is 12.1. The minimum absolute atomic E-state index is 0.0283. The van der Waals surface area contributed by atoms with Crippen LogP contribution in [0.4, 0.5) is 23.2 Å². The van der Waals surface area contributed by atoms with Gasteiger partial charge in [0.25, 0.3) is 11.5 Å². The van der Waals surface area contributed by atoms with Gasteiger partial charge in [0.1, 0.15) is 29.0 Å². The van der Waals surface area contributed by atoms with Crippen molar-refractivity contribution in [3.8, 4) is 11.5 Å². The third kappa shape index (κ3) is 6.25. The minimum atomic E-state index is -4.91. The van der Waals surface area contributed by atoms with Crippen LogP contribution in [-0.4, -0.2) is 53.7 Å². The second kappa shape index (κ2) is 11.4. The van der Waals surface area contributed by atoms with Crippen molar-refractivity contribution in [3.63, 3.8) is 0 Å². The van der Waals surface area contributed by atoms with E-state index in [0.717, 1.165) is 35.2 Å². The summed E-state index contributed by atoms with van der Waals surface area (Å²) in [6, 6.07) is 9.68. The molecule has 1 aromatic heterocycles. The number of alkyl halides is 3. The second-order valence-corrected chi connectivity index (χ2v) is 9.17. The molecule has 3 aromatic rings. The molecule has 0 spiro atoms. The molecule has 0 bridgehead atoms. The van der Waals surface area contributed by atoms with Crippen LogP contribution in [0.2, 0.25) is 0 Å². The Kier molecular flexibility index (Phi) is 8.14. The molecule has 13 heteroatoms. The Hall–Kier alpha value is -4.39. The van der Waals surface area contributed by atoms with Crippen LogP contribution in [-0.2, 0) is 11.3 Å². The maximum atomic E-state index is 15.1. The molecule has 4 rings (SSSR count). The Bertz CT molecular complexity index is 1460. The summed E-state index contributed by atoms with van der Waals surface area (Å²) in [7, 11) is 1.36. The van der Waals surface area contributed by atoms with Gasteiger partial charge in [-0.2, -0.15) is 0 Å². The first-order chi connectivity index (χ1) is 18.9. The maximum absolute atomic E-state index is 15.1. The molecule has 2 heterocycles. The summed E-state index contributed by atoms with van der Waals surface area (Å²) in [5.41, 5.74) is -0.597. The predicted molar refractivity (Wildman–Crippen MR) is 135 cm³/mol. The van der Waals surface area contributed by atoms with E-state index in [9.17, 15) is 32.7 Å². The lowest BCUT2D eigenvalue weighted by Gasteiger charge is -2.19. The summed E-state index contributed by atoms with van der Waals surface area (Å²) >= 11 is 0. The quantitative estimate of drug-likeness (QED) is 0.408. The Morgan fingerprint density at radius 3 is 2.40 bits per heavy atom. The number of ether oxygens (including phenoxy) is 2. The van der Waals surface area contributed by atoms with Crippen molar-refractivity contribution in [2.24, 2.45) is 0 Å². The average Bonchev–Trinajstić information content (AvgIpc) is 3.19. The molecule has 0 radical (unpaired) electrons. The van der Waals surface area contributed by atoms with Crippen LogP contribution < -0.4 is 25.2 Å². The number of anilines is 1. The van der Waals surface area contributed by atoms with Crippen molar-refractivity contribution in [2.75, 3.05) is 18.6 Å². The van der Waals surface area contributed by atoms with Gasteiger partial charge in [-0.3, -0.25) is 14.4 Å². The van der Waals surface area contributed by atoms with E-state index in [-0.39, 0.29) is 35.7 Å². The average molecular weight is 564 g/mol. The fourth-order valence-corrected chi connectivity index (χ4v) is 4.52. The van der Waals surface area contributed by atoms with Gasteiger partial charge in [-0.25, -0.2) is 4.39 Å². The molecule has 2 aromatic carbocycles. The largest absolute Gasteiger partial charge is 0.573 e. The fraction of sp³-hybridized carbons (Fsp3) is 0.296. The van der Waals surface area contributed by atoms with Crippen LogP contribution in [0.1, 0.15) is 28.8 Å². The number of hydrogen-bond acceptors (Lipinski definition) is 6. The van der Waals surface area contributed by atoms with Crippen molar-refractivity contribution in [1.82, 2.24) is 9.88 Å². The number of benzene rings is 2. The molecule has 0 aliphatic carbocycles. The molecule has 212 valence electrons. The highest BCUT2D eigenvalue weighted by Crippen LogP contribution is 2.34. The highest BCUT2D eigenvalue weighted by atomic mass is 19.4. The van der Waals surface area contributed by atoms with Crippen LogP contribution in [0, 0.1) is 5.82 Å². The van der Waals surface area contributed by atoms with E-state index in [2.05, 4.69) is 10.1 Å². The van der Waals surface area contributed by atoms with Gasteiger partial charge in [-0.15, -0.1) is 13.2 Å². The summed E-state index contributed by atoms with van der Waals surface area (Å²) in [5, 5.41) is 12.3. The van der Waals surface area contributed by atoms with Gasteiger partial charge < -0.3 is 29.4 Å². The third-order valence-corrected chi connectivity index (χ3v) is 6.31. The summed E-state index contributed by atoms with van der Waals surface area (Å²) < 4.78 is 62.6. The number of nitrogens with one attached hydrogen (secondary N) is 1. The highest BCUT2D eigenvalue weighted by molar-refractivity contribution is 6.05. The van der Waals surface area contributed by atoms with Gasteiger partial charge in [-0.1, -0.05) is 6.07 Å². The molecular formula is C27H25F4N3O6. The van der Waals surface area contributed by atoms with Crippen LogP contribution >= 0.6 is 0 Å². The molecule has 1 aliphatic rings. The molecule has 9 nitrogen and oxygen atoms in total. The van der Waals surface area contributed by atoms with Crippen molar-refractivity contribution < 1.29 is 41.7 Å². The Morgan fingerprint density at radius 1 is 1.12 bits per heavy atom. The van der Waals surface area contributed by atoms with E-state index < -0.39 is 53.4 Å². The van der Waals surface area contributed by atoms with E-state index in [4.69, 9.17) is 4.74 Å². The Balaban J connectivity index is 1.68. The van der Waals surface area contributed by atoms with Crippen molar-refractivity contribution in [1.29, 1.82) is 0 Å². The fourth-order valence-electron chi connectivity index (χ4n) is 4.52. The summed E-state index contributed by atoms with van der Waals surface area (Å²) in [6.07, 6.45) is -4.31. The molecule has 40 heavy (non-hydrogen) atoms. The lowest BCUT2D eigenvalue weighted by molar-refractivity contribution is -0.274. The third-order valence-electron chi connectivity index (χ3n) is 6.31. The molecule has 1 fully saturated rings. The van der Waals surface area contributed by atoms with Crippen molar-refractivity contribution in [3.05, 3.63) is 88.1 Å². The van der Waals surface area contributed by atoms with E-state index >= 15 is 4.39 Å². The molecular weight excluding hydrogens is 538 g/mol. The van der Waals surface area contributed by atoms with E-state index in [0.29, 0.717) is 0 Å². The van der Waals surface area contributed by atoms with Gasteiger partial charge >= 0.3 is 6.36 Å². The number of carbonyl (C=O) groups excluding carboxylic acids is 2. The number of halogens is 4. The molecule has 3 atom stereocenters. The van der Waals surface area contributed by atoms with Crippen LogP contribution in [0.15, 0.2) is 65.6 Å². The number of nitrogens with zero attached hydrogens (tertiary/aromatic N) is 2. The predicted octanol–water partition coefficient (Wildman–Crippen LogP) is 3.20. The number of rotatable bonds is 8. The SMILES string of the molecule is COc1ccc([C@@H]2CN(c3cccn(CC(C)O)c3=O)C(=O)[C@H]2NC(=O)c2ccc(OC(F)(F)F)cc2)c(F)c1. The monoisotopic (exact) mass is 563 g/mol. The topological polar surface area (TPSA) is 110 Å². The molecule has 1 aliphatic heterocycles. The molecule has 2 N–H and O–H groups in total. The lowest BCUT2D eigenvalue weighted by Crippen LogP contribution is -2.44. The van der Waals surface area contributed by atoms with Gasteiger partial charge in [0.05, 0.1) is 19.8 Å². The van der Waals surface area contributed by atoms with E-state index in [1.165, 1.54) is 49.1 Å². The van der Waals surface area contributed by atoms with Crippen molar-refractivity contribution in [2.45, 2.75) is 37.9 Å². The Morgan fingerprint density at radius 2 is 1.80 bits per heavy atom. The number of hydrogen-bond donors (Lipinski definition) is 2. The highest BCUT2D eigenvalue weighted by Gasteiger charge is 2.44. The van der Waals surface area contributed by atoms with Crippen LogP contribution in [0.25, 0.3) is 0 Å². The second-order valence-electron chi connectivity index (χ2n) is 9.17. The molecule has 0 saturated carbocycles. The van der Waals surface area contributed by atoms with Gasteiger partial charge in [0.2, 0.25) is 5.91 Å². The van der Waals surface area contributed by atoms with Crippen molar-refractivity contribution >= 4 is 17.5 Å². The normalized spacial score (nSPS) is 18.0. The van der Waals surface area contributed by atoms with Gasteiger partial charge in [0.15, 0.2) is 0 Å². The first-order valence-electron chi connectivity index (χ1n) is 12.1. The van der Waals surface area contributed by atoms with E-state index in [1.54, 1.807) is 0 Å². The number of methoxy groups -OCH3 is 1. The lowest BCUT2D eigenvalue weighted by atomic mass is 9.93. The van der Waals surface area contributed by atoms with Gasteiger partial charge in [0, 0.05) is 30.3 Å². The zero-order valence-corrected chi connectivity index (χ0v) is 21.3. The standard InChI is InChI=1S/C27H25F4N3O6/c1-15(35)13-33-11-3-4-22(25(33)37)34-14-20(19-10-9-18(39-2)12-21(19)28)23(26(34)38)32-24(36)16-5-7-17(8-6-16)40-27(29,30)31/h3-12,15,20,23,35H,13-14H2,1-2H3,(H,32,36)/t15?,20-,23-/m0/s1. The maximum Gasteiger partial charge on any atom is 0.573 e. The summed E-state index contributed by atoms with van der Waals surface area (Å²) in [5.74, 6) is -3.46. The molecule has 1 unspecified atom stereocenters. The number of amides is 2. The van der Waals surface area contributed by atoms with Crippen LogP contribution in [0.3, 0.4) is 0 Å². The number of aromatic nitrogens is 1. The number of aliphatic hydroxyl groups excluding tert-OH is 1. The smallest absolute Gasteiger partial charge is 0.497 e. The first kappa shape index (κ1) is 28.6. The van der Waals surface area contributed by atoms with Crippen LogP contribution in [0.5, 0.6) is 11.5 Å². The summed E-state index contributed by atoms with van der Waals surface area (Å²) in [4.78, 5) is 40.9.